The Morgan fingerprint density at radius 2 is 1.61 bits per heavy atom. The van der Waals surface area contributed by atoms with E-state index in [9.17, 15) is 4.79 Å². The van der Waals surface area contributed by atoms with E-state index in [-0.39, 0.29) is 10.6 Å². The molecule has 0 aromatic heterocycles. The number of Topliss-reactive ketones (excluding diaryl/α,β-unsaturated/α-hetero) is 1. The van der Waals surface area contributed by atoms with E-state index in [2.05, 4.69) is 31.9 Å². The molecule has 2 aromatic rings. The van der Waals surface area contributed by atoms with Crippen LogP contribution in [-0.4, -0.2) is 15.9 Å². The maximum absolute atomic E-state index is 12.3. The molecule has 1 atom stereocenters. The second-order valence-corrected chi connectivity index (χ2v) is 5.65. The Bertz CT molecular complexity index is 537. The van der Waals surface area contributed by atoms with Crippen LogP contribution in [0.25, 0.3) is 11.1 Å². The van der Waals surface area contributed by atoms with Crippen LogP contribution in [0.15, 0.2) is 54.6 Å². The quantitative estimate of drug-likeness (QED) is 0.565. The lowest BCUT2D eigenvalue weighted by atomic mass is 9.96. The van der Waals surface area contributed by atoms with Gasteiger partial charge in [-0.25, -0.2) is 0 Å². The topological polar surface area (TPSA) is 17.1 Å². The minimum atomic E-state index is -0.192. The van der Waals surface area contributed by atoms with E-state index in [0.717, 1.165) is 16.7 Å². The summed E-state index contributed by atoms with van der Waals surface area (Å²) in [6.45, 7) is 0. The van der Waals surface area contributed by atoms with Crippen LogP contribution in [-0.2, 0) is 0 Å². The van der Waals surface area contributed by atoms with Crippen molar-refractivity contribution in [2.24, 2.45) is 0 Å². The highest BCUT2D eigenvalue weighted by Gasteiger charge is 2.18. The first kappa shape index (κ1) is 13.5. The van der Waals surface area contributed by atoms with E-state index in [1.807, 2.05) is 54.6 Å². The summed E-state index contributed by atoms with van der Waals surface area (Å²) >= 11 is 6.71. The molecule has 0 amide bonds. The first-order chi connectivity index (χ1) is 8.74. The minimum Gasteiger partial charge on any atom is -0.293 e. The highest BCUT2D eigenvalue weighted by atomic mass is 79.9. The fourth-order valence-electron chi connectivity index (χ4n) is 1.81. The lowest BCUT2D eigenvalue weighted by molar-refractivity contribution is 0.0998. The molecule has 0 N–H and O–H groups in total. The van der Waals surface area contributed by atoms with Gasteiger partial charge in [0, 0.05) is 10.9 Å². The molecular weight excluding hydrogens is 356 g/mol. The largest absolute Gasteiger partial charge is 0.293 e. The molecule has 0 heterocycles. The summed E-state index contributed by atoms with van der Waals surface area (Å²) in [5.41, 5.74) is 2.80. The number of rotatable bonds is 4. The fourth-order valence-corrected chi connectivity index (χ4v) is 2.35. The number of alkyl halides is 2. The first-order valence-corrected chi connectivity index (χ1v) is 7.66. The zero-order chi connectivity index (χ0) is 13.0. The van der Waals surface area contributed by atoms with E-state index in [4.69, 9.17) is 0 Å². The van der Waals surface area contributed by atoms with E-state index >= 15 is 0 Å². The molecule has 0 aliphatic heterocycles. The van der Waals surface area contributed by atoms with Gasteiger partial charge in [0.2, 0.25) is 0 Å². The van der Waals surface area contributed by atoms with Crippen LogP contribution in [0.2, 0.25) is 0 Å². The van der Waals surface area contributed by atoms with Crippen molar-refractivity contribution < 1.29 is 4.79 Å². The average molecular weight is 368 g/mol. The maximum Gasteiger partial charge on any atom is 0.177 e. The molecule has 0 fully saturated rings. The third-order valence-corrected chi connectivity index (χ3v) is 4.95. The highest BCUT2D eigenvalue weighted by molar-refractivity contribution is 9.12. The van der Waals surface area contributed by atoms with E-state index in [1.165, 1.54) is 0 Å². The van der Waals surface area contributed by atoms with E-state index in [1.54, 1.807) is 0 Å². The summed E-state index contributed by atoms with van der Waals surface area (Å²) in [4.78, 5) is 12.1. The Kier molecular flexibility index (Phi) is 4.72. The third-order valence-electron chi connectivity index (χ3n) is 2.70. The zero-order valence-corrected chi connectivity index (χ0v) is 12.8. The Hall–Kier alpha value is -0.930. The van der Waals surface area contributed by atoms with Gasteiger partial charge in [-0.1, -0.05) is 86.5 Å². The van der Waals surface area contributed by atoms with Gasteiger partial charge in [-0.05, 0) is 11.1 Å². The van der Waals surface area contributed by atoms with Gasteiger partial charge in [0.15, 0.2) is 5.78 Å². The van der Waals surface area contributed by atoms with Gasteiger partial charge < -0.3 is 0 Å². The highest BCUT2D eigenvalue weighted by Crippen LogP contribution is 2.26. The molecule has 0 saturated carbocycles. The minimum absolute atomic E-state index is 0.103. The third kappa shape index (κ3) is 2.90. The van der Waals surface area contributed by atoms with Crippen LogP contribution in [0.1, 0.15) is 10.4 Å². The standard InChI is InChI=1S/C15H12Br2O/c16-10-14(17)15(18)13-9-5-4-8-12(13)11-6-2-1-3-7-11/h1-9,14H,10H2. The van der Waals surface area contributed by atoms with Crippen molar-refractivity contribution in [3.63, 3.8) is 0 Å². The molecule has 0 radical (unpaired) electrons. The van der Waals surface area contributed by atoms with Crippen molar-refractivity contribution in [1.29, 1.82) is 0 Å². The van der Waals surface area contributed by atoms with Crippen LogP contribution in [0.3, 0.4) is 0 Å². The van der Waals surface area contributed by atoms with Gasteiger partial charge in [-0.3, -0.25) is 4.79 Å². The monoisotopic (exact) mass is 366 g/mol. The molecule has 2 aromatic carbocycles. The average Bonchev–Trinajstić information content (AvgIpc) is 2.46. The molecule has 3 heteroatoms. The fraction of sp³-hybridized carbons (Fsp3) is 0.133. The van der Waals surface area contributed by atoms with Gasteiger partial charge in [0.25, 0.3) is 0 Å². The summed E-state index contributed by atoms with van der Waals surface area (Å²) in [5.74, 6) is 0.103. The smallest absolute Gasteiger partial charge is 0.177 e. The van der Waals surface area contributed by atoms with Crippen molar-refractivity contribution in [2.45, 2.75) is 4.83 Å². The first-order valence-electron chi connectivity index (χ1n) is 5.62. The second-order valence-electron chi connectivity index (χ2n) is 3.90. The van der Waals surface area contributed by atoms with Gasteiger partial charge in [-0.15, -0.1) is 0 Å². The Balaban J connectivity index is 2.47. The molecule has 0 aliphatic rings. The molecule has 92 valence electrons. The summed E-state index contributed by atoms with van der Waals surface area (Å²) in [6, 6.07) is 17.7. The van der Waals surface area contributed by atoms with Crippen molar-refractivity contribution in [3.05, 3.63) is 60.2 Å². The lowest BCUT2D eigenvalue weighted by Gasteiger charge is -2.11. The molecule has 0 saturated heterocycles. The number of ketones is 1. The second kappa shape index (κ2) is 6.30. The van der Waals surface area contributed by atoms with Crippen molar-refractivity contribution in [3.8, 4) is 11.1 Å². The SMILES string of the molecule is O=C(c1ccccc1-c1ccccc1)C(Br)CBr. The molecular formula is C15H12Br2O. The molecule has 1 nitrogen and oxygen atoms in total. The van der Waals surface area contributed by atoms with Crippen molar-refractivity contribution >= 4 is 37.6 Å². The Morgan fingerprint density at radius 1 is 1.00 bits per heavy atom. The molecule has 0 bridgehead atoms. The van der Waals surface area contributed by atoms with Crippen LogP contribution in [0.5, 0.6) is 0 Å². The zero-order valence-electron chi connectivity index (χ0n) is 9.64. The normalized spacial score (nSPS) is 12.1. The Morgan fingerprint density at radius 3 is 2.28 bits per heavy atom. The van der Waals surface area contributed by atoms with E-state index < -0.39 is 0 Å². The summed E-state index contributed by atoms with van der Waals surface area (Å²) < 4.78 is 0. The van der Waals surface area contributed by atoms with Crippen molar-refractivity contribution in [2.75, 3.05) is 5.33 Å². The predicted molar refractivity (Wildman–Crippen MR) is 82.7 cm³/mol. The van der Waals surface area contributed by atoms with Gasteiger partial charge in [-0.2, -0.15) is 0 Å². The van der Waals surface area contributed by atoms with Crippen LogP contribution >= 0.6 is 31.9 Å². The van der Waals surface area contributed by atoms with Gasteiger partial charge >= 0.3 is 0 Å². The van der Waals surface area contributed by atoms with Gasteiger partial charge in [0.05, 0.1) is 4.83 Å². The molecule has 2 rings (SSSR count). The van der Waals surface area contributed by atoms with E-state index in [0.29, 0.717) is 5.33 Å². The summed E-state index contributed by atoms with van der Waals surface area (Å²) in [6.07, 6.45) is 0. The van der Waals surface area contributed by atoms with Crippen LogP contribution in [0, 0.1) is 0 Å². The molecule has 18 heavy (non-hydrogen) atoms. The van der Waals surface area contributed by atoms with Crippen molar-refractivity contribution in [1.82, 2.24) is 0 Å². The number of halogens is 2. The number of carbonyl (C=O) groups is 1. The number of hydrogen-bond acceptors (Lipinski definition) is 1. The summed E-state index contributed by atoms with van der Waals surface area (Å²) in [7, 11) is 0. The Labute approximate surface area is 123 Å². The number of carbonyl (C=O) groups excluding carboxylic acids is 1. The number of hydrogen-bond donors (Lipinski definition) is 0. The lowest BCUT2D eigenvalue weighted by Crippen LogP contribution is -2.16. The van der Waals surface area contributed by atoms with Crippen LogP contribution in [0.4, 0.5) is 0 Å². The molecule has 1 unspecified atom stereocenters. The van der Waals surface area contributed by atoms with Crippen LogP contribution < -0.4 is 0 Å². The molecule has 0 aliphatic carbocycles. The molecule has 0 spiro atoms. The maximum atomic E-state index is 12.3. The predicted octanol–water partition coefficient (Wildman–Crippen LogP) is 4.69. The number of benzene rings is 2. The summed E-state index contributed by atoms with van der Waals surface area (Å²) in [5, 5.41) is 0.606. The van der Waals surface area contributed by atoms with Gasteiger partial charge in [0.1, 0.15) is 0 Å².